The average molecular weight is 562 g/mol. The highest BCUT2D eigenvalue weighted by molar-refractivity contribution is 5.26. The molecule has 0 bridgehead atoms. The zero-order chi connectivity index (χ0) is 28.7. The summed E-state index contributed by atoms with van der Waals surface area (Å²) in [5.74, 6) is -3.85. The lowest BCUT2D eigenvalue weighted by Crippen LogP contribution is -2.83. The van der Waals surface area contributed by atoms with Crippen LogP contribution in [0.25, 0.3) is 0 Å². The van der Waals surface area contributed by atoms with Crippen molar-refractivity contribution >= 4 is 0 Å². The van der Waals surface area contributed by atoms with E-state index in [1.54, 1.807) is 6.92 Å². The van der Waals surface area contributed by atoms with Crippen LogP contribution in [-0.2, 0) is 0 Å². The minimum Gasteiger partial charge on any atom is -0.393 e. The minimum atomic E-state index is -2.78. The first kappa shape index (κ1) is 30.0. The molecule has 39 heavy (non-hydrogen) atoms. The van der Waals surface area contributed by atoms with E-state index in [0.29, 0.717) is 12.8 Å². The zero-order valence-corrected chi connectivity index (χ0v) is 22.4. The maximum atomic E-state index is 12.0. The fraction of sp³-hybridized carbons (Fsp3) is 1.00. The van der Waals surface area contributed by atoms with E-state index in [4.69, 9.17) is 0 Å². The van der Waals surface area contributed by atoms with Gasteiger partial charge in [-0.05, 0) is 69.6 Å². The Morgan fingerprint density at radius 3 is 1.97 bits per heavy atom. The second-order valence-corrected chi connectivity index (χ2v) is 13.5. The molecule has 12 heteroatoms. The lowest BCUT2D eigenvalue weighted by atomic mass is 9.44. The van der Waals surface area contributed by atoms with E-state index in [0.717, 1.165) is 25.7 Å². The zero-order valence-electron chi connectivity index (χ0n) is 22.4. The molecule has 14 unspecified atom stereocenters. The van der Waals surface area contributed by atoms with Gasteiger partial charge in [0.1, 0.15) is 17.4 Å². The van der Waals surface area contributed by atoms with Gasteiger partial charge in [-0.15, -0.1) is 0 Å². The molecule has 5 aliphatic carbocycles. The maximum Gasteiger partial charge on any atom is 0.159 e. The van der Waals surface area contributed by atoms with Gasteiger partial charge < -0.3 is 56.2 Å². The molecule has 0 radical (unpaired) electrons. The normalized spacial score (nSPS) is 56.8. The molecule has 0 aromatic carbocycles. The lowest BCUT2D eigenvalue weighted by molar-refractivity contribution is -0.373. The lowest BCUT2D eigenvalue weighted by Gasteiger charge is -2.67. The molecule has 0 spiro atoms. The Morgan fingerprint density at radius 1 is 0.744 bits per heavy atom. The topological polar surface area (TPSA) is 235 Å². The Hall–Kier alpha value is -0.480. The standard InChI is InChI=1S/C27H47NO11/c1-11(29)28-13-4-2-12(3-5-13)14-6-7-16(30)18-15(14)8-25(37)10-26(38)9-17(31)19(24(35)36)22(33)27(26,39)23(34)20(25)21(18)32/h11-24,28-39H,2-10H2,1H3. The highest BCUT2D eigenvalue weighted by atomic mass is 16.5. The van der Waals surface area contributed by atoms with Gasteiger partial charge in [0, 0.05) is 30.7 Å². The summed E-state index contributed by atoms with van der Waals surface area (Å²) in [6.45, 7) is 1.68. The fourth-order valence-electron chi connectivity index (χ4n) is 9.75. The van der Waals surface area contributed by atoms with Gasteiger partial charge in [0.2, 0.25) is 0 Å². The van der Waals surface area contributed by atoms with Gasteiger partial charge in [-0.3, -0.25) is 5.32 Å². The summed E-state index contributed by atoms with van der Waals surface area (Å²) in [6.07, 6.45) is -7.71. The van der Waals surface area contributed by atoms with Gasteiger partial charge in [-0.2, -0.15) is 0 Å². The third-order valence-corrected chi connectivity index (χ3v) is 11.4. The first-order valence-electron chi connectivity index (χ1n) is 14.5. The smallest absolute Gasteiger partial charge is 0.159 e. The number of hydrogen-bond acceptors (Lipinski definition) is 12. The third-order valence-electron chi connectivity index (χ3n) is 11.4. The van der Waals surface area contributed by atoms with E-state index in [2.05, 4.69) is 5.32 Å². The molecule has 0 aromatic rings. The molecule has 0 heterocycles. The molecule has 12 N–H and O–H groups in total. The second kappa shape index (κ2) is 10.4. The van der Waals surface area contributed by atoms with Gasteiger partial charge in [0.05, 0.1) is 42.0 Å². The van der Waals surface area contributed by atoms with Crippen LogP contribution in [0.15, 0.2) is 0 Å². The SMILES string of the molecule is CC(O)NC1CCC(C2CCC(O)C3C(O)C4C(O)C5(O)C(O)C(C(O)O)C(O)CC5(O)CC4(O)CC23)CC1. The average Bonchev–Trinajstić information content (AvgIpc) is 2.81. The first-order chi connectivity index (χ1) is 18.1. The Kier molecular flexibility index (Phi) is 7.96. The number of hydrogen-bond donors (Lipinski definition) is 12. The molecule has 5 fully saturated rings. The van der Waals surface area contributed by atoms with Crippen LogP contribution in [-0.4, -0.2) is 122 Å². The van der Waals surface area contributed by atoms with Crippen molar-refractivity contribution in [3.05, 3.63) is 0 Å². The van der Waals surface area contributed by atoms with Crippen LogP contribution in [0.2, 0.25) is 0 Å². The number of nitrogens with one attached hydrogen (secondary N) is 1. The minimum absolute atomic E-state index is 0.0423. The van der Waals surface area contributed by atoms with E-state index in [1.165, 1.54) is 0 Å². The fourth-order valence-corrected chi connectivity index (χ4v) is 9.75. The Morgan fingerprint density at radius 2 is 1.38 bits per heavy atom. The summed E-state index contributed by atoms with van der Waals surface area (Å²) in [6, 6.07) is 0.197. The molecule has 0 saturated heterocycles. The van der Waals surface area contributed by atoms with Crippen molar-refractivity contribution in [3.8, 4) is 0 Å². The largest absolute Gasteiger partial charge is 0.393 e. The maximum absolute atomic E-state index is 12.0. The van der Waals surface area contributed by atoms with Crippen molar-refractivity contribution in [2.24, 2.45) is 35.5 Å². The summed E-state index contributed by atoms with van der Waals surface area (Å²) in [5.41, 5.74) is -7.05. The molecule has 0 aromatic heterocycles. The predicted molar refractivity (Wildman–Crippen MR) is 134 cm³/mol. The van der Waals surface area contributed by atoms with Crippen LogP contribution < -0.4 is 5.32 Å². The van der Waals surface area contributed by atoms with E-state index in [-0.39, 0.29) is 30.2 Å². The van der Waals surface area contributed by atoms with Gasteiger partial charge in [0.25, 0.3) is 0 Å². The molecule has 5 saturated carbocycles. The van der Waals surface area contributed by atoms with Crippen molar-refractivity contribution in [1.82, 2.24) is 5.32 Å². The van der Waals surface area contributed by atoms with Crippen molar-refractivity contribution in [3.63, 3.8) is 0 Å². The highest BCUT2D eigenvalue weighted by Crippen LogP contribution is 2.62. The Bertz CT molecular complexity index is 886. The molecule has 0 amide bonds. The summed E-state index contributed by atoms with van der Waals surface area (Å²) in [5, 5.41) is 123. The van der Waals surface area contributed by atoms with Crippen LogP contribution >= 0.6 is 0 Å². The first-order valence-corrected chi connectivity index (χ1v) is 14.5. The van der Waals surface area contributed by atoms with Crippen LogP contribution in [0, 0.1) is 35.5 Å². The summed E-state index contributed by atoms with van der Waals surface area (Å²) in [7, 11) is 0. The van der Waals surface area contributed by atoms with Crippen molar-refractivity contribution in [2.45, 2.75) is 131 Å². The molecule has 0 aliphatic heterocycles. The quantitative estimate of drug-likeness (QED) is 0.153. The number of rotatable bonds is 4. The van der Waals surface area contributed by atoms with Crippen LogP contribution in [0.1, 0.15) is 64.7 Å². The molecular weight excluding hydrogens is 514 g/mol. The Balaban J connectivity index is 1.44. The van der Waals surface area contributed by atoms with Crippen molar-refractivity contribution in [1.29, 1.82) is 0 Å². The number of aliphatic hydroxyl groups is 11. The van der Waals surface area contributed by atoms with E-state index >= 15 is 0 Å². The molecular formula is C27H47NO11. The van der Waals surface area contributed by atoms with E-state index in [1.807, 2.05) is 0 Å². The van der Waals surface area contributed by atoms with Gasteiger partial charge in [-0.25, -0.2) is 0 Å². The van der Waals surface area contributed by atoms with Crippen LogP contribution in [0.5, 0.6) is 0 Å². The van der Waals surface area contributed by atoms with Crippen molar-refractivity contribution < 1.29 is 56.2 Å². The predicted octanol–water partition coefficient (Wildman–Crippen LogP) is -3.13. The molecule has 5 aliphatic rings. The van der Waals surface area contributed by atoms with Gasteiger partial charge in [-0.1, -0.05) is 0 Å². The van der Waals surface area contributed by atoms with Crippen LogP contribution in [0.3, 0.4) is 0 Å². The van der Waals surface area contributed by atoms with Crippen molar-refractivity contribution in [2.75, 3.05) is 0 Å². The summed E-state index contributed by atoms with van der Waals surface area (Å²) in [4.78, 5) is 0. The highest BCUT2D eigenvalue weighted by Gasteiger charge is 2.76. The monoisotopic (exact) mass is 561 g/mol. The van der Waals surface area contributed by atoms with E-state index < -0.39 is 90.4 Å². The second-order valence-electron chi connectivity index (χ2n) is 13.5. The summed E-state index contributed by atoms with van der Waals surface area (Å²) < 4.78 is 0. The Labute approximate surface area is 227 Å². The van der Waals surface area contributed by atoms with Crippen LogP contribution in [0.4, 0.5) is 0 Å². The van der Waals surface area contributed by atoms with E-state index in [9.17, 15) is 56.2 Å². The summed E-state index contributed by atoms with van der Waals surface area (Å²) >= 11 is 0. The third kappa shape index (κ3) is 4.59. The van der Waals surface area contributed by atoms with Gasteiger partial charge in [0.15, 0.2) is 6.29 Å². The molecule has 226 valence electrons. The molecule has 12 nitrogen and oxygen atoms in total. The molecule has 14 atom stereocenters. The molecule has 5 rings (SSSR count). The van der Waals surface area contributed by atoms with Gasteiger partial charge >= 0.3 is 0 Å². The number of aliphatic hydroxyl groups excluding tert-OH is 7. The number of fused-ring (bicyclic) bond motifs is 3.